The third-order valence-electron chi connectivity index (χ3n) is 10.6. The number of para-hydroxylation sites is 6. The smallest absolute Gasteiger partial charge is 0.159 e. The quantitative estimate of drug-likeness (QED) is 0.170. The molecule has 0 aliphatic rings. The van der Waals surface area contributed by atoms with Crippen molar-refractivity contribution in [3.05, 3.63) is 188 Å². The van der Waals surface area contributed by atoms with Gasteiger partial charge < -0.3 is 13.9 Å². The maximum absolute atomic E-state index is 6.53. The fraction of sp³-hybridized carbons (Fsp3) is 0. The number of anilines is 3. The van der Waals surface area contributed by atoms with Crippen molar-refractivity contribution in [1.82, 2.24) is 9.55 Å². The number of furan rings is 1. The van der Waals surface area contributed by atoms with Crippen LogP contribution in [0.2, 0.25) is 0 Å². The predicted octanol–water partition coefficient (Wildman–Crippen LogP) is 13.5. The van der Waals surface area contributed by atoms with E-state index in [1.807, 2.05) is 12.1 Å². The second-order valence-corrected chi connectivity index (χ2v) is 13.5. The van der Waals surface area contributed by atoms with Crippen LogP contribution in [0, 0.1) is 0 Å². The summed E-state index contributed by atoms with van der Waals surface area (Å²) in [6.45, 7) is 0. The number of rotatable bonds is 5. The van der Waals surface area contributed by atoms with E-state index in [4.69, 9.17) is 9.40 Å². The van der Waals surface area contributed by atoms with Gasteiger partial charge >= 0.3 is 0 Å². The Hall–Kier alpha value is -7.17. The summed E-state index contributed by atoms with van der Waals surface area (Å²) in [5, 5.41) is 8.19. The Morgan fingerprint density at radius 2 is 1.09 bits per heavy atom. The van der Waals surface area contributed by atoms with Crippen LogP contribution in [0.4, 0.5) is 17.1 Å². The van der Waals surface area contributed by atoms with Gasteiger partial charge in [0.25, 0.3) is 0 Å². The second kappa shape index (κ2) is 11.7. The van der Waals surface area contributed by atoms with Gasteiger partial charge in [0, 0.05) is 60.3 Å². The average molecular weight is 678 g/mol. The minimum Gasteiger partial charge on any atom is -0.454 e. The standard InChI is InChI=1S/C49H31N3O/c1-3-14-33(15-4-1)51(44-24-13-21-37-36-18-9-12-25-45(36)53-49(37)44)35-28-26-32(27-29-35)48-40-30-31-43-47(46(40)38-19-7-10-22-41(38)50-48)39-20-8-11-23-42(39)52(43)34-16-5-2-6-17-34/h1-31H. The molecule has 0 spiro atoms. The highest BCUT2D eigenvalue weighted by atomic mass is 16.3. The molecule has 0 amide bonds. The van der Waals surface area contributed by atoms with Gasteiger partial charge in [0.1, 0.15) is 5.58 Å². The first-order valence-corrected chi connectivity index (χ1v) is 18.0. The van der Waals surface area contributed by atoms with Crippen LogP contribution in [0.5, 0.6) is 0 Å². The molecule has 248 valence electrons. The van der Waals surface area contributed by atoms with Crippen LogP contribution in [0.3, 0.4) is 0 Å². The highest BCUT2D eigenvalue weighted by Gasteiger charge is 2.21. The highest BCUT2D eigenvalue weighted by Crippen LogP contribution is 2.45. The first-order valence-electron chi connectivity index (χ1n) is 18.0. The van der Waals surface area contributed by atoms with Gasteiger partial charge in [-0.15, -0.1) is 0 Å². The fourth-order valence-electron chi connectivity index (χ4n) is 8.26. The summed E-state index contributed by atoms with van der Waals surface area (Å²) >= 11 is 0. The zero-order chi connectivity index (χ0) is 34.9. The Bertz CT molecular complexity index is 3160. The molecule has 4 nitrogen and oxygen atoms in total. The van der Waals surface area contributed by atoms with Gasteiger partial charge in [0.15, 0.2) is 5.58 Å². The lowest BCUT2D eigenvalue weighted by atomic mass is 9.96. The molecule has 4 heteroatoms. The van der Waals surface area contributed by atoms with Crippen LogP contribution in [0.25, 0.3) is 82.4 Å². The van der Waals surface area contributed by atoms with E-state index >= 15 is 0 Å². The lowest BCUT2D eigenvalue weighted by Gasteiger charge is -2.25. The summed E-state index contributed by atoms with van der Waals surface area (Å²) in [7, 11) is 0. The SMILES string of the molecule is c1ccc(N(c2ccc(-c3nc4ccccc4c4c3ccc3c4c4ccccc4n3-c3ccccc3)cc2)c2cccc3c2oc2ccccc23)cc1. The number of hydrogen-bond donors (Lipinski definition) is 0. The van der Waals surface area contributed by atoms with Crippen LogP contribution in [0.15, 0.2) is 192 Å². The first-order chi connectivity index (χ1) is 26.3. The molecule has 11 aromatic rings. The first kappa shape index (κ1) is 29.5. The van der Waals surface area contributed by atoms with Crippen molar-refractivity contribution < 1.29 is 4.42 Å². The van der Waals surface area contributed by atoms with E-state index in [1.165, 1.54) is 27.2 Å². The van der Waals surface area contributed by atoms with E-state index in [1.54, 1.807) is 0 Å². The Balaban J connectivity index is 1.13. The summed E-state index contributed by atoms with van der Waals surface area (Å²) in [5.74, 6) is 0. The summed E-state index contributed by atoms with van der Waals surface area (Å²) in [6.07, 6.45) is 0. The lowest BCUT2D eigenvalue weighted by Crippen LogP contribution is -2.10. The normalized spacial score (nSPS) is 11.8. The van der Waals surface area contributed by atoms with Gasteiger partial charge in [-0.3, -0.25) is 0 Å². The minimum atomic E-state index is 0.863. The zero-order valence-corrected chi connectivity index (χ0v) is 28.6. The van der Waals surface area contributed by atoms with Crippen molar-refractivity contribution in [3.63, 3.8) is 0 Å². The molecule has 0 atom stereocenters. The van der Waals surface area contributed by atoms with Gasteiger partial charge in [0.2, 0.25) is 0 Å². The molecule has 53 heavy (non-hydrogen) atoms. The van der Waals surface area contributed by atoms with Gasteiger partial charge in [0.05, 0.1) is 27.9 Å². The maximum Gasteiger partial charge on any atom is 0.159 e. The number of nitrogens with zero attached hydrogens (tertiary/aromatic N) is 3. The summed E-state index contributed by atoms with van der Waals surface area (Å²) in [6, 6.07) is 66.4. The molecule has 8 aromatic carbocycles. The van der Waals surface area contributed by atoms with Crippen LogP contribution in [0.1, 0.15) is 0 Å². The number of pyridine rings is 1. The number of fused-ring (bicyclic) bond motifs is 10. The molecule has 0 saturated carbocycles. The summed E-state index contributed by atoms with van der Waals surface area (Å²) < 4.78 is 8.92. The van der Waals surface area contributed by atoms with Gasteiger partial charge in [-0.1, -0.05) is 121 Å². The zero-order valence-electron chi connectivity index (χ0n) is 28.6. The van der Waals surface area contributed by atoms with Crippen LogP contribution < -0.4 is 4.90 Å². The number of benzene rings is 8. The Morgan fingerprint density at radius 3 is 1.92 bits per heavy atom. The average Bonchev–Trinajstić information content (AvgIpc) is 3.78. The molecule has 3 heterocycles. The van der Waals surface area contributed by atoms with Crippen molar-refractivity contribution in [2.24, 2.45) is 0 Å². The molecule has 0 saturated heterocycles. The monoisotopic (exact) mass is 677 g/mol. The number of hydrogen-bond acceptors (Lipinski definition) is 3. The largest absolute Gasteiger partial charge is 0.454 e. The third kappa shape index (κ3) is 4.52. The molecule has 0 bridgehead atoms. The van der Waals surface area contributed by atoms with E-state index in [0.29, 0.717) is 0 Å². The van der Waals surface area contributed by atoms with E-state index in [-0.39, 0.29) is 0 Å². The van der Waals surface area contributed by atoms with Crippen LogP contribution >= 0.6 is 0 Å². The van der Waals surface area contributed by atoms with Gasteiger partial charge in [-0.05, 0) is 66.7 Å². The topological polar surface area (TPSA) is 34.2 Å². The molecule has 0 unspecified atom stereocenters. The minimum absolute atomic E-state index is 0.863. The summed E-state index contributed by atoms with van der Waals surface area (Å²) in [5.41, 5.74) is 11.3. The lowest BCUT2D eigenvalue weighted by molar-refractivity contribution is 0.669. The fourth-order valence-corrected chi connectivity index (χ4v) is 8.26. The van der Waals surface area contributed by atoms with E-state index in [0.717, 1.165) is 72.2 Å². The van der Waals surface area contributed by atoms with Gasteiger partial charge in [-0.25, -0.2) is 4.98 Å². The second-order valence-electron chi connectivity index (χ2n) is 13.5. The molecule has 0 N–H and O–H groups in total. The van der Waals surface area contributed by atoms with E-state index in [9.17, 15) is 0 Å². The molecule has 11 rings (SSSR count). The summed E-state index contributed by atoms with van der Waals surface area (Å²) in [4.78, 5) is 7.63. The van der Waals surface area contributed by atoms with E-state index in [2.05, 4.69) is 185 Å². The molecule has 0 radical (unpaired) electrons. The highest BCUT2D eigenvalue weighted by molar-refractivity contribution is 6.29. The molecule has 0 fully saturated rings. The molecule has 3 aromatic heterocycles. The Kier molecular flexibility index (Phi) is 6.52. The maximum atomic E-state index is 6.53. The molecular weight excluding hydrogens is 647 g/mol. The van der Waals surface area contributed by atoms with Crippen molar-refractivity contribution in [1.29, 1.82) is 0 Å². The molecule has 0 aliphatic carbocycles. The Labute approximate surface area is 305 Å². The van der Waals surface area contributed by atoms with Crippen molar-refractivity contribution in [2.75, 3.05) is 4.90 Å². The van der Waals surface area contributed by atoms with E-state index < -0.39 is 0 Å². The predicted molar refractivity (Wildman–Crippen MR) is 221 cm³/mol. The molecule has 0 aliphatic heterocycles. The van der Waals surface area contributed by atoms with Crippen molar-refractivity contribution >= 4 is 82.5 Å². The molecular formula is C49H31N3O. The van der Waals surface area contributed by atoms with Gasteiger partial charge in [-0.2, -0.15) is 0 Å². The van der Waals surface area contributed by atoms with Crippen LogP contribution in [-0.2, 0) is 0 Å². The third-order valence-corrected chi connectivity index (χ3v) is 10.6. The number of aromatic nitrogens is 2. The Morgan fingerprint density at radius 1 is 0.434 bits per heavy atom. The van der Waals surface area contributed by atoms with Crippen molar-refractivity contribution in [2.45, 2.75) is 0 Å². The van der Waals surface area contributed by atoms with Crippen LogP contribution in [-0.4, -0.2) is 9.55 Å². The van der Waals surface area contributed by atoms with Crippen molar-refractivity contribution in [3.8, 4) is 16.9 Å².